The summed E-state index contributed by atoms with van der Waals surface area (Å²) in [6.07, 6.45) is 0.724. The van der Waals surface area contributed by atoms with Crippen LogP contribution in [-0.2, 0) is 24.2 Å². The summed E-state index contributed by atoms with van der Waals surface area (Å²) in [6, 6.07) is 14.3. The van der Waals surface area contributed by atoms with Crippen molar-refractivity contribution in [1.29, 1.82) is 0 Å². The van der Waals surface area contributed by atoms with Crippen molar-refractivity contribution in [2.24, 2.45) is 0 Å². The van der Waals surface area contributed by atoms with Gasteiger partial charge in [0.15, 0.2) is 0 Å². The summed E-state index contributed by atoms with van der Waals surface area (Å²) in [7, 11) is 1.75. The third-order valence-electron chi connectivity index (χ3n) is 6.96. The van der Waals surface area contributed by atoms with E-state index in [0.29, 0.717) is 43.7 Å². The van der Waals surface area contributed by atoms with Crippen molar-refractivity contribution in [3.8, 4) is 5.75 Å². The Balaban J connectivity index is 1.18. The first kappa shape index (κ1) is 22.3. The minimum atomic E-state index is -0.597. The number of aliphatic hydroxyl groups excluding tert-OH is 1. The van der Waals surface area contributed by atoms with Gasteiger partial charge >= 0.3 is 0 Å². The normalized spacial score (nSPS) is 20.4. The molecule has 176 valence electrons. The molecule has 3 aliphatic heterocycles. The van der Waals surface area contributed by atoms with Gasteiger partial charge in [-0.05, 0) is 35.2 Å². The number of benzene rings is 2. The molecule has 1 unspecified atom stereocenters. The number of hydrogen-bond donors (Lipinski definition) is 1. The number of β-amino-alcohol motifs (C(OH)–C–C–N with tert-alkyl or cyclic N) is 1. The Morgan fingerprint density at radius 1 is 1.09 bits per heavy atom. The van der Waals surface area contributed by atoms with E-state index in [4.69, 9.17) is 9.47 Å². The van der Waals surface area contributed by atoms with E-state index < -0.39 is 6.10 Å². The summed E-state index contributed by atoms with van der Waals surface area (Å²) in [5.41, 5.74) is 4.44. The number of fused-ring (bicyclic) bond motifs is 2. The third-order valence-corrected chi connectivity index (χ3v) is 6.96. The van der Waals surface area contributed by atoms with Gasteiger partial charge < -0.3 is 19.5 Å². The lowest BCUT2D eigenvalue weighted by Crippen LogP contribution is -2.50. The molecule has 1 amide bonds. The molecule has 0 aromatic heterocycles. The van der Waals surface area contributed by atoms with E-state index in [9.17, 15) is 9.90 Å². The van der Waals surface area contributed by atoms with Gasteiger partial charge in [0.1, 0.15) is 12.4 Å². The zero-order chi connectivity index (χ0) is 22.8. The van der Waals surface area contributed by atoms with Crippen LogP contribution in [-0.4, -0.2) is 90.9 Å². The lowest BCUT2D eigenvalue weighted by atomic mass is 10.00. The van der Waals surface area contributed by atoms with E-state index in [1.165, 1.54) is 11.1 Å². The number of carbonyl (C=O) groups excluding carboxylic acids is 1. The van der Waals surface area contributed by atoms with Crippen molar-refractivity contribution in [3.05, 3.63) is 64.7 Å². The summed E-state index contributed by atoms with van der Waals surface area (Å²) in [5, 5.41) is 10.8. The lowest BCUT2D eigenvalue weighted by Gasteiger charge is -2.38. The number of amides is 1. The van der Waals surface area contributed by atoms with Gasteiger partial charge in [-0.3, -0.25) is 14.6 Å². The number of carbonyl (C=O) groups is 1. The first-order chi connectivity index (χ1) is 16.1. The van der Waals surface area contributed by atoms with Crippen molar-refractivity contribution in [2.45, 2.75) is 31.7 Å². The van der Waals surface area contributed by atoms with Crippen LogP contribution in [0, 0.1) is 0 Å². The molecule has 3 heterocycles. The molecule has 33 heavy (non-hydrogen) atoms. The molecule has 1 N–H and O–H groups in total. The van der Waals surface area contributed by atoms with E-state index >= 15 is 0 Å². The van der Waals surface area contributed by atoms with Gasteiger partial charge in [0.05, 0.1) is 24.3 Å². The number of likely N-dealkylation sites (tertiary alicyclic amines) is 1. The van der Waals surface area contributed by atoms with E-state index in [-0.39, 0.29) is 5.91 Å². The summed E-state index contributed by atoms with van der Waals surface area (Å²) < 4.78 is 11.3. The Labute approximate surface area is 195 Å². The van der Waals surface area contributed by atoms with Crippen LogP contribution >= 0.6 is 0 Å². The van der Waals surface area contributed by atoms with Crippen molar-refractivity contribution >= 4 is 5.91 Å². The highest BCUT2D eigenvalue weighted by Gasteiger charge is 2.29. The number of hydrogen-bond acceptors (Lipinski definition) is 6. The van der Waals surface area contributed by atoms with Gasteiger partial charge in [0.2, 0.25) is 0 Å². The first-order valence-corrected chi connectivity index (χ1v) is 11.9. The van der Waals surface area contributed by atoms with Crippen molar-refractivity contribution in [3.63, 3.8) is 0 Å². The highest BCUT2D eigenvalue weighted by molar-refractivity contribution is 5.97. The molecule has 1 atom stereocenters. The van der Waals surface area contributed by atoms with Gasteiger partial charge in [0, 0.05) is 52.9 Å². The fraction of sp³-hybridized carbons (Fsp3) is 0.500. The number of methoxy groups -OCH3 is 1. The van der Waals surface area contributed by atoms with Gasteiger partial charge in [0.25, 0.3) is 5.91 Å². The Morgan fingerprint density at radius 2 is 1.91 bits per heavy atom. The highest BCUT2D eigenvalue weighted by atomic mass is 16.5. The zero-order valence-electron chi connectivity index (χ0n) is 19.3. The van der Waals surface area contributed by atoms with Crippen LogP contribution in [0.3, 0.4) is 0 Å². The second kappa shape index (κ2) is 9.81. The molecule has 2 aromatic carbocycles. The van der Waals surface area contributed by atoms with E-state index in [2.05, 4.69) is 34.1 Å². The molecule has 5 rings (SSSR count). The smallest absolute Gasteiger partial charge is 0.257 e. The average molecular weight is 452 g/mol. The predicted octanol–water partition coefficient (Wildman–Crippen LogP) is 1.77. The van der Waals surface area contributed by atoms with Crippen LogP contribution < -0.4 is 4.74 Å². The average Bonchev–Trinajstić information content (AvgIpc) is 2.94. The molecule has 0 aliphatic carbocycles. The Kier molecular flexibility index (Phi) is 6.64. The largest absolute Gasteiger partial charge is 0.491 e. The molecule has 1 saturated heterocycles. The second-order valence-electron chi connectivity index (χ2n) is 9.39. The lowest BCUT2D eigenvalue weighted by molar-refractivity contribution is -0.0334. The van der Waals surface area contributed by atoms with Crippen molar-refractivity contribution in [1.82, 2.24) is 14.7 Å². The molecular formula is C26H33N3O4. The first-order valence-electron chi connectivity index (χ1n) is 11.9. The molecule has 0 spiro atoms. The Hall–Kier alpha value is -2.45. The van der Waals surface area contributed by atoms with E-state index in [1.807, 2.05) is 18.2 Å². The minimum absolute atomic E-state index is 0.0690. The number of ether oxygens (including phenoxy) is 2. The third kappa shape index (κ3) is 5.06. The second-order valence-corrected chi connectivity index (χ2v) is 9.39. The Morgan fingerprint density at radius 3 is 2.73 bits per heavy atom. The van der Waals surface area contributed by atoms with Gasteiger partial charge in [-0.15, -0.1) is 0 Å². The van der Waals surface area contributed by atoms with E-state index in [1.54, 1.807) is 12.0 Å². The molecule has 0 saturated carbocycles. The van der Waals surface area contributed by atoms with Crippen molar-refractivity contribution < 1.29 is 19.4 Å². The standard InChI is InChI=1S/C26H33N3O4/c1-32-23-17-28(18-23)13-19-6-7-24-25(12-19)33-11-10-29(26(24)31)16-22(30)15-27-9-8-20-4-2-3-5-21(20)14-27/h2-7,12,22-23,30H,8-11,13-18H2,1H3. The maximum Gasteiger partial charge on any atom is 0.257 e. The molecule has 7 nitrogen and oxygen atoms in total. The molecule has 3 aliphatic rings. The molecule has 0 bridgehead atoms. The summed E-state index contributed by atoms with van der Waals surface area (Å²) in [6.45, 7) is 6.24. The summed E-state index contributed by atoms with van der Waals surface area (Å²) >= 11 is 0. The van der Waals surface area contributed by atoms with E-state index in [0.717, 1.165) is 44.7 Å². The molecule has 0 radical (unpaired) electrons. The van der Waals surface area contributed by atoms with Crippen LogP contribution in [0.2, 0.25) is 0 Å². The maximum atomic E-state index is 13.2. The Bertz CT molecular complexity index is 991. The van der Waals surface area contributed by atoms with Crippen LogP contribution in [0.25, 0.3) is 0 Å². The molecular weight excluding hydrogens is 418 g/mol. The van der Waals surface area contributed by atoms with Gasteiger partial charge in [-0.25, -0.2) is 0 Å². The minimum Gasteiger partial charge on any atom is -0.491 e. The zero-order valence-corrected chi connectivity index (χ0v) is 19.3. The predicted molar refractivity (Wildman–Crippen MR) is 125 cm³/mol. The molecule has 2 aromatic rings. The number of rotatable bonds is 7. The van der Waals surface area contributed by atoms with Crippen LogP contribution in [0.1, 0.15) is 27.0 Å². The number of nitrogens with zero attached hydrogens (tertiary/aromatic N) is 3. The van der Waals surface area contributed by atoms with Gasteiger partial charge in [-0.1, -0.05) is 30.3 Å². The highest BCUT2D eigenvalue weighted by Crippen LogP contribution is 2.27. The van der Waals surface area contributed by atoms with Crippen LogP contribution in [0.5, 0.6) is 5.75 Å². The SMILES string of the molecule is COC1CN(Cc2ccc3c(c2)OCCN(CC(O)CN2CCc4ccccc4C2)C3=O)C1. The summed E-state index contributed by atoms with van der Waals surface area (Å²) in [5.74, 6) is 0.575. The van der Waals surface area contributed by atoms with Crippen molar-refractivity contribution in [2.75, 3.05) is 53.0 Å². The molecule has 1 fully saturated rings. The topological polar surface area (TPSA) is 65.5 Å². The van der Waals surface area contributed by atoms with Gasteiger partial charge in [-0.2, -0.15) is 0 Å². The summed E-state index contributed by atoms with van der Waals surface area (Å²) in [4.78, 5) is 19.5. The molecule has 7 heteroatoms. The maximum absolute atomic E-state index is 13.2. The monoisotopic (exact) mass is 451 g/mol. The van der Waals surface area contributed by atoms with Crippen LogP contribution in [0.15, 0.2) is 42.5 Å². The number of aliphatic hydroxyl groups is 1. The fourth-order valence-corrected chi connectivity index (χ4v) is 5.05. The van der Waals surface area contributed by atoms with Crippen LogP contribution in [0.4, 0.5) is 0 Å². The quantitative estimate of drug-likeness (QED) is 0.692. The fourth-order valence-electron chi connectivity index (χ4n) is 5.05.